The molecule has 0 heterocycles. The molecule has 1 N–H and O–H groups in total. The van der Waals surface area contributed by atoms with E-state index in [4.69, 9.17) is 9.84 Å². The van der Waals surface area contributed by atoms with Crippen molar-refractivity contribution in [3.63, 3.8) is 0 Å². The predicted octanol–water partition coefficient (Wildman–Crippen LogP) is 8.77. The molecule has 0 aliphatic carbocycles. The molecule has 0 fully saturated rings. The molecule has 0 amide bonds. The van der Waals surface area contributed by atoms with Gasteiger partial charge in [0.2, 0.25) is 0 Å². The molecule has 0 saturated carbocycles. The highest BCUT2D eigenvalue weighted by molar-refractivity contribution is 5.66. The van der Waals surface area contributed by atoms with Gasteiger partial charge in [0.05, 0.1) is 0 Å². The van der Waals surface area contributed by atoms with Gasteiger partial charge in [-0.05, 0) is 57.8 Å². The highest BCUT2D eigenvalue weighted by Crippen LogP contribution is 2.17. The Bertz CT molecular complexity index is 458. The maximum absolute atomic E-state index is 11.4. The zero-order chi connectivity index (χ0) is 23.7. The van der Waals surface area contributed by atoms with Crippen LogP contribution in [0.15, 0.2) is 12.2 Å². The first kappa shape index (κ1) is 30.7. The average molecular weight is 453 g/mol. The van der Waals surface area contributed by atoms with Crippen LogP contribution in [-0.4, -0.2) is 23.1 Å². The van der Waals surface area contributed by atoms with Crippen LogP contribution in [0.2, 0.25) is 0 Å². The summed E-state index contributed by atoms with van der Waals surface area (Å²) in [5.74, 6) is -0.890. The minimum absolute atomic E-state index is 0.0454. The van der Waals surface area contributed by atoms with Gasteiger partial charge in [0.1, 0.15) is 6.10 Å². The Hall–Kier alpha value is -1.32. The molecule has 0 rings (SSSR count). The van der Waals surface area contributed by atoms with Crippen molar-refractivity contribution in [1.82, 2.24) is 0 Å². The van der Waals surface area contributed by atoms with Gasteiger partial charge < -0.3 is 9.84 Å². The number of hydrogen-bond donors (Lipinski definition) is 1. The van der Waals surface area contributed by atoms with E-state index in [1.54, 1.807) is 0 Å². The summed E-state index contributed by atoms with van der Waals surface area (Å²) in [4.78, 5) is 21.9. The number of rotatable bonds is 24. The van der Waals surface area contributed by atoms with Gasteiger partial charge in [-0.2, -0.15) is 0 Å². The molecule has 0 aliphatic rings. The lowest BCUT2D eigenvalue weighted by atomic mass is 10.0. The summed E-state index contributed by atoms with van der Waals surface area (Å²) in [5, 5.41) is 8.65. The van der Waals surface area contributed by atoms with Gasteiger partial charge in [0.15, 0.2) is 0 Å². The number of carboxylic acids is 1. The van der Waals surface area contributed by atoms with Crippen molar-refractivity contribution in [2.24, 2.45) is 0 Å². The zero-order valence-corrected chi connectivity index (χ0v) is 21.3. The van der Waals surface area contributed by atoms with Gasteiger partial charge in [-0.1, -0.05) is 89.7 Å². The fraction of sp³-hybridized carbons (Fsp3) is 0.857. The molecular weight excluding hydrogens is 400 g/mol. The van der Waals surface area contributed by atoms with Gasteiger partial charge in [0, 0.05) is 13.3 Å². The van der Waals surface area contributed by atoms with Gasteiger partial charge in [0.25, 0.3) is 0 Å². The van der Waals surface area contributed by atoms with Crippen molar-refractivity contribution < 1.29 is 19.4 Å². The molecule has 0 bridgehead atoms. The number of hydrogen-bond acceptors (Lipinski definition) is 3. The van der Waals surface area contributed by atoms with E-state index in [0.717, 1.165) is 57.8 Å². The van der Waals surface area contributed by atoms with Gasteiger partial charge >= 0.3 is 11.9 Å². The number of carbonyl (C=O) groups is 2. The number of carboxylic acid groups (broad SMARTS) is 1. The Kier molecular flexibility index (Phi) is 23.3. The molecule has 0 aromatic heterocycles. The minimum Gasteiger partial charge on any atom is -0.481 e. The van der Waals surface area contributed by atoms with E-state index >= 15 is 0 Å². The maximum Gasteiger partial charge on any atom is 0.303 e. The van der Waals surface area contributed by atoms with Gasteiger partial charge in [-0.25, -0.2) is 0 Å². The highest BCUT2D eigenvalue weighted by atomic mass is 16.5. The Morgan fingerprint density at radius 3 is 1.62 bits per heavy atom. The van der Waals surface area contributed by atoms with Crippen LogP contribution >= 0.6 is 0 Å². The lowest BCUT2D eigenvalue weighted by molar-refractivity contribution is -0.147. The summed E-state index contributed by atoms with van der Waals surface area (Å²) >= 11 is 0. The number of aliphatic carboxylic acids is 1. The van der Waals surface area contributed by atoms with Crippen LogP contribution in [0.5, 0.6) is 0 Å². The summed E-state index contributed by atoms with van der Waals surface area (Å²) in [5.41, 5.74) is 0. The van der Waals surface area contributed by atoms with Crippen LogP contribution in [0.4, 0.5) is 0 Å². The summed E-state index contributed by atoms with van der Waals surface area (Å²) in [6.45, 7) is 3.77. The Balaban J connectivity index is 3.60. The van der Waals surface area contributed by atoms with E-state index in [9.17, 15) is 9.59 Å². The number of carbonyl (C=O) groups excluding carboxylic acids is 1. The van der Waals surface area contributed by atoms with Crippen molar-refractivity contribution in [2.45, 2.75) is 155 Å². The molecule has 0 aliphatic heterocycles. The van der Waals surface area contributed by atoms with Gasteiger partial charge in [-0.3, -0.25) is 9.59 Å². The van der Waals surface area contributed by atoms with E-state index in [0.29, 0.717) is 0 Å². The molecule has 188 valence electrons. The second kappa shape index (κ2) is 24.3. The van der Waals surface area contributed by atoms with Crippen molar-refractivity contribution >= 4 is 11.9 Å². The predicted molar refractivity (Wildman–Crippen MR) is 135 cm³/mol. The van der Waals surface area contributed by atoms with Crippen LogP contribution in [0.1, 0.15) is 149 Å². The van der Waals surface area contributed by atoms with Crippen molar-refractivity contribution in [2.75, 3.05) is 0 Å². The summed E-state index contributed by atoms with van der Waals surface area (Å²) in [6.07, 6.45) is 28.8. The van der Waals surface area contributed by atoms with E-state index < -0.39 is 5.97 Å². The molecule has 0 aromatic carbocycles. The molecule has 4 nitrogen and oxygen atoms in total. The Morgan fingerprint density at radius 1 is 0.688 bits per heavy atom. The Labute approximate surface area is 198 Å². The number of unbranched alkanes of at least 4 members (excludes halogenated alkanes) is 15. The second-order valence-corrected chi connectivity index (χ2v) is 9.30. The number of allylic oxidation sites excluding steroid dienone is 2. The molecule has 4 heteroatoms. The van der Waals surface area contributed by atoms with Gasteiger partial charge in [-0.15, -0.1) is 0 Å². The molecule has 1 unspecified atom stereocenters. The largest absolute Gasteiger partial charge is 0.481 e. The normalized spacial score (nSPS) is 12.3. The molecule has 0 radical (unpaired) electrons. The lowest BCUT2D eigenvalue weighted by Crippen LogP contribution is -2.16. The Morgan fingerprint density at radius 2 is 1.12 bits per heavy atom. The smallest absolute Gasteiger partial charge is 0.303 e. The topological polar surface area (TPSA) is 63.6 Å². The number of esters is 1. The van der Waals surface area contributed by atoms with E-state index in [1.165, 1.54) is 77.6 Å². The van der Waals surface area contributed by atoms with E-state index in [-0.39, 0.29) is 18.5 Å². The molecule has 1 atom stereocenters. The van der Waals surface area contributed by atoms with E-state index in [2.05, 4.69) is 19.1 Å². The van der Waals surface area contributed by atoms with Crippen molar-refractivity contribution in [1.29, 1.82) is 0 Å². The molecule has 0 spiro atoms. The average Bonchev–Trinajstić information content (AvgIpc) is 2.74. The minimum atomic E-state index is -0.709. The fourth-order valence-electron chi connectivity index (χ4n) is 4.12. The lowest BCUT2D eigenvalue weighted by Gasteiger charge is -2.17. The number of ether oxygens (including phenoxy) is 1. The summed E-state index contributed by atoms with van der Waals surface area (Å²) in [6, 6.07) is 0. The highest BCUT2D eigenvalue weighted by Gasteiger charge is 2.11. The molecule has 0 aromatic rings. The first-order valence-electron chi connectivity index (χ1n) is 13.6. The molecular formula is C28H52O4. The maximum atomic E-state index is 11.4. The van der Waals surface area contributed by atoms with Crippen LogP contribution in [0.25, 0.3) is 0 Å². The third kappa shape index (κ3) is 24.9. The third-order valence-corrected chi connectivity index (χ3v) is 6.04. The van der Waals surface area contributed by atoms with Crippen LogP contribution in [0.3, 0.4) is 0 Å². The van der Waals surface area contributed by atoms with Crippen LogP contribution in [-0.2, 0) is 14.3 Å². The molecule has 32 heavy (non-hydrogen) atoms. The monoisotopic (exact) mass is 452 g/mol. The third-order valence-electron chi connectivity index (χ3n) is 6.04. The van der Waals surface area contributed by atoms with Crippen molar-refractivity contribution in [3.05, 3.63) is 12.2 Å². The summed E-state index contributed by atoms with van der Waals surface area (Å²) < 4.78 is 5.50. The fourth-order valence-corrected chi connectivity index (χ4v) is 4.12. The second-order valence-electron chi connectivity index (χ2n) is 9.30. The quantitative estimate of drug-likeness (QED) is 0.0902. The van der Waals surface area contributed by atoms with E-state index in [1.807, 2.05) is 0 Å². The van der Waals surface area contributed by atoms with Crippen LogP contribution in [0, 0.1) is 0 Å². The zero-order valence-electron chi connectivity index (χ0n) is 21.3. The van der Waals surface area contributed by atoms with Crippen molar-refractivity contribution in [3.8, 4) is 0 Å². The SMILES string of the molecule is CCCCCCCCCC/C=C\CCCCCC(CCCCCCCC(=O)O)OC(C)=O. The van der Waals surface area contributed by atoms with Crippen LogP contribution < -0.4 is 0 Å². The molecule has 0 saturated heterocycles. The summed E-state index contributed by atoms with van der Waals surface area (Å²) in [7, 11) is 0. The standard InChI is InChI=1S/C28H52O4/c1-3-4-5-6-7-8-9-10-11-12-13-14-15-17-20-23-27(32-26(2)29)24-21-18-16-19-22-25-28(30)31/h12-13,27H,3-11,14-25H2,1-2H3,(H,30,31)/b13-12-. The first-order chi connectivity index (χ1) is 15.6. The first-order valence-corrected chi connectivity index (χ1v) is 13.6.